The van der Waals surface area contributed by atoms with Gasteiger partial charge in [-0.3, -0.25) is 5.32 Å². The van der Waals surface area contributed by atoms with Crippen molar-refractivity contribution in [2.24, 2.45) is 5.41 Å². The largest absolute Gasteiger partial charge is 0.479 e. The minimum Gasteiger partial charge on any atom is -0.479 e. The van der Waals surface area contributed by atoms with E-state index in [1.165, 1.54) is 11.3 Å². The Balaban J connectivity index is 1.36. The summed E-state index contributed by atoms with van der Waals surface area (Å²) >= 11 is 1.45. The molecule has 5 rings (SSSR count). The molecule has 0 bridgehead atoms. The molecule has 5 heterocycles. The Morgan fingerprint density at radius 2 is 2.13 bits per heavy atom. The highest BCUT2D eigenvalue weighted by atomic mass is 32.1. The molecule has 1 atom stereocenters. The van der Waals surface area contributed by atoms with Gasteiger partial charge in [-0.15, -0.1) is 0 Å². The fourth-order valence-corrected chi connectivity index (χ4v) is 5.60. The topological polar surface area (TPSA) is 89.1 Å². The molecule has 1 spiro atoms. The number of ether oxygens (including phenoxy) is 3. The third kappa shape index (κ3) is 3.27. The van der Waals surface area contributed by atoms with Crippen molar-refractivity contribution in [1.29, 1.82) is 0 Å². The van der Waals surface area contributed by atoms with Crippen molar-refractivity contribution in [1.82, 2.24) is 14.9 Å². The Hall–Kier alpha value is -2.17. The van der Waals surface area contributed by atoms with Crippen molar-refractivity contribution >= 4 is 38.4 Å². The molecule has 3 saturated heterocycles. The van der Waals surface area contributed by atoms with Gasteiger partial charge in [-0.05, 0) is 19.8 Å². The summed E-state index contributed by atoms with van der Waals surface area (Å²) in [7, 11) is 3.32. The van der Waals surface area contributed by atoms with Crippen LogP contribution in [0.4, 0.5) is 15.6 Å². The molecule has 3 fully saturated rings. The van der Waals surface area contributed by atoms with Crippen LogP contribution in [0.3, 0.4) is 0 Å². The lowest BCUT2D eigenvalue weighted by atomic mass is 9.87. The molecule has 9 nitrogen and oxygen atoms in total. The SMILES string of the molecule is COc1ncc(N2CC(C)(OC)C2)c2sc(NC(=O)N3CCC4(CCOC4)C3)nc12. The normalized spacial score (nSPS) is 25.2. The van der Waals surface area contributed by atoms with Gasteiger partial charge >= 0.3 is 6.03 Å². The molecule has 0 radical (unpaired) electrons. The number of nitrogens with zero attached hydrogens (tertiary/aromatic N) is 4. The lowest BCUT2D eigenvalue weighted by Crippen LogP contribution is -2.61. The fourth-order valence-electron chi connectivity index (χ4n) is 4.62. The van der Waals surface area contributed by atoms with Gasteiger partial charge in [0.15, 0.2) is 5.13 Å². The van der Waals surface area contributed by atoms with Crippen molar-refractivity contribution in [3.63, 3.8) is 0 Å². The number of fused-ring (bicyclic) bond motifs is 1. The summed E-state index contributed by atoms with van der Waals surface area (Å²) in [5, 5.41) is 3.54. The van der Waals surface area contributed by atoms with Crippen LogP contribution in [0, 0.1) is 5.41 Å². The van der Waals surface area contributed by atoms with Crippen LogP contribution in [0.15, 0.2) is 6.20 Å². The third-order valence-electron chi connectivity index (χ3n) is 6.57. The number of hydrogen-bond donors (Lipinski definition) is 1. The van der Waals surface area contributed by atoms with Crippen LogP contribution in [0.25, 0.3) is 10.2 Å². The fraction of sp³-hybridized carbons (Fsp3) is 0.650. The van der Waals surface area contributed by atoms with E-state index in [1.807, 2.05) is 11.1 Å². The third-order valence-corrected chi connectivity index (χ3v) is 7.56. The van der Waals surface area contributed by atoms with E-state index in [-0.39, 0.29) is 17.0 Å². The van der Waals surface area contributed by atoms with Gasteiger partial charge in [0.2, 0.25) is 5.88 Å². The lowest BCUT2D eigenvalue weighted by Gasteiger charge is -2.48. The number of carbonyl (C=O) groups excluding carboxylic acids is 1. The van der Waals surface area contributed by atoms with Crippen LogP contribution in [0.1, 0.15) is 19.8 Å². The highest BCUT2D eigenvalue weighted by Gasteiger charge is 2.43. The van der Waals surface area contributed by atoms with Gasteiger partial charge in [0, 0.05) is 45.3 Å². The second-order valence-electron chi connectivity index (χ2n) is 8.76. The molecule has 1 N–H and O–H groups in total. The van der Waals surface area contributed by atoms with Gasteiger partial charge in [0.25, 0.3) is 0 Å². The van der Waals surface area contributed by atoms with Crippen LogP contribution in [-0.2, 0) is 9.47 Å². The van der Waals surface area contributed by atoms with Crippen LogP contribution < -0.4 is 15.0 Å². The van der Waals surface area contributed by atoms with Crippen LogP contribution >= 0.6 is 11.3 Å². The zero-order valence-corrected chi connectivity index (χ0v) is 18.4. The van der Waals surface area contributed by atoms with Crippen molar-refractivity contribution in [2.45, 2.75) is 25.4 Å². The molecule has 3 aliphatic heterocycles. The molecule has 162 valence electrons. The number of thiazole rings is 1. The number of carbonyl (C=O) groups is 1. The number of methoxy groups -OCH3 is 2. The molecule has 1 unspecified atom stereocenters. The highest BCUT2D eigenvalue weighted by Crippen LogP contribution is 2.42. The Kier molecular flexibility index (Phi) is 4.75. The molecule has 0 saturated carbocycles. The van der Waals surface area contributed by atoms with Gasteiger partial charge in [-0.2, -0.15) is 0 Å². The van der Waals surface area contributed by atoms with Crippen molar-refractivity contribution in [2.75, 3.05) is 63.8 Å². The number of pyridine rings is 1. The summed E-state index contributed by atoms with van der Waals surface area (Å²) in [6.07, 6.45) is 3.83. The number of hydrogen-bond acceptors (Lipinski definition) is 8. The number of amides is 2. The zero-order chi connectivity index (χ0) is 20.9. The van der Waals surface area contributed by atoms with E-state index in [2.05, 4.69) is 27.1 Å². The number of urea groups is 1. The average Bonchev–Trinajstić information content (AvgIpc) is 3.45. The van der Waals surface area contributed by atoms with Crippen molar-refractivity contribution in [3.05, 3.63) is 6.20 Å². The van der Waals surface area contributed by atoms with Gasteiger partial charge in [-0.25, -0.2) is 14.8 Å². The monoisotopic (exact) mass is 433 g/mol. The second kappa shape index (κ2) is 7.21. The molecule has 10 heteroatoms. The number of anilines is 2. The highest BCUT2D eigenvalue weighted by molar-refractivity contribution is 7.23. The van der Waals surface area contributed by atoms with Crippen LogP contribution in [-0.4, -0.2) is 80.1 Å². The quantitative estimate of drug-likeness (QED) is 0.793. The number of nitrogens with one attached hydrogen (secondary N) is 1. The van der Waals surface area contributed by atoms with E-state index >= 15 is 0 Å². The molecule has 2 aromatic heterocycles. The van der Waals surface area contributed by atoms with Crippen molar-refractivity contribution < 1.29 is 19.0 Å². The first-order valence-electron chi connectivity index (χ1n) is 10.2. The molecule has 3 aliphatic rings. The molecule has 0 aromatic carbocycles. The zero-order valence-electron chi connectivity index (χ0n) is 17.6. The number of aromatic nitrogens is 2. The van der Waals surface area contributed by atoms with E-state index in [0.29, 0.717) is 16.5 Å². The van der Waals surface area contributed by atoms with Gasteiger partial charge in [-0.1, -0.05) is 11.3 Å². The van der Waals surface area contributed by atoms with Crippen molar-refractivity contribution in [3.8, 4) is 5.88 Å². The minimum atomic E-state index is -0.149. The predicted octanol–water partition coefficient (Wildman–Crippen LogP) is 2.57. The Morgan fingerprint density at radius 3 is 2.83 bits per heavy atom. The van der Waals surface area contributed by atoms with E-state index < -0.39 is 0 Å². The van der Waals surface area contributed by atoms with Gasteiger partial charge < -0.3 is 24.0 Å². The Morgan fingerprint density at radius 1 is 1.30 bits per heavy atom. The molecular formula is C20H27N5O4S. The lowest BCUT2D eigenvalue weighted by molar-refractivity contribution is -0.0166. The summed E-state index contributed by atoms with van der Waals surface area (Å²) in [6.45, 7) is 6.69. The maximum absolute atomic E-state index is 12.9. The summed E-state index contributed by atoms with van der Waals surface area (Å²) in [6, 6.07) is -0.109. The minimum absolute atomic E-state index is 0.109. The first-order chi connectivity index (χ1) is 14.4. The molecule has 30 heavy (non-hydrogen) atoms. The maximum Gasteiger partial charge on any atom is 0.323 e. The van der Waals surface area contributed by atoms with E-state index in [1.54, 1.807) is 14.2 Å². The summed E-state index contributed by atoms with van der Waals surface area (Å²) in [5.41, 5.74) is 1.64. The second-order valence-corrected chi connectivity index (χ2v) is 9.76. The van der Waals surface area contributed by atoms with E-state index in [4.69, 9.17) is 14.2 Å². The number of likely N-dealkylation sites (tertiary alicyclic amines) is 1. The van der Waals surface area contributed by atoms with Gasteiger partial charge in [0.1, 0.15) is 5.52 Å². The Labute approximate surface area is 179 Å². The molecule has 2 aromatic rings. The number of rotatable bonds is 4. The van der Waals surface area contributed by atoms with Crippen LogP contribution in [0.2, 0.25) is 0 Å². The van der Waals surface area contributed by atoms with E-state index in [0.717, 1.165) is 62.6 Å². The summed E-state index contributed by atoms with van der Waals surface area (Å²) in [4.78, 5) is 26.0. The van der Waals surface area contributed by atoms with E-state index in [9.17, 15) is 4.79 Å². The maximum atomic E-state index is 12.9. The van der Waals surface area contributed by atoms with Crippen LogP contribution in [0.5, 0.6) is 5.88 Å². The Bertz CT molecular complexity index is 968. The predicted molar refractivity (Wildman–Crippen MR) is 115 cm³/mol. The molecule has 0 aliphatic carbocycles. The first kappa shape index (κ1) is 19.8. The smallest absolute Gasteiger partial charge is 0.323 e. The molecule has 2 amide bonds. The standard InChI is InChI=1S/C20H27N5O4S/c1-19(28-3)9-25(10-19)13-8-21-16(27-2)14-15(13)30-17(22-14)23-18(26)24-6-4-20(11-24)5-7-29-12-20/h8H,4-7,9-12H2,1-3H3,(H,22,23,26). The van der Waals surface area contributed by atoms with Gasteiger partial charge in [0.05, 0.1) is 35.9 Å². The average molecular weight is 434 g/mol. The summed E-state index contributed by atoms with van der Waals surface area (Å²) in [5.74, 6) is 0.462. The first-order valence-corrected chi connectivity index (χ1v) is 11.0. The molecular weight excluding hydrogens is 406 g/mol. The summed E-state index contributed by atoms with van der Waals surface area (Å²) < 4.78 is 17.5.